The Kier molecular flexibility index (Phi) is 5.34. The summed E-state index contributed by atoms with van der Waals surface area (Å²) in [5, 5.41) is 0. The summed E-state index contributed by atoms with van der Waals surface area (Å²) in [5.74, 6) is 1.67. The van der Waals surface area contributed by atoms with Gasteiger partial charge in [-0.1, -0.05) is 30.3 Å². The summed E-state index contributed by atoms with van der Waals surface area (Å²) < 4.78 is 0. The first-order valence-corrected chi connectivity index (χ1v) is 9.82. The Hall–Kier alpha value is -2.14. The molecule has 0 amide bonds. The van der Waals surface area contributed by atoms with Crippen LogP contribution in [-0.2, 0) is 6.42 Å². The zero-order valence-electron chi connectivity index (χ0n) is 15.7. The lowest BCUT2D eigenvalue weighted by atomic mass is 9.90. The van der Waals surface area contributed by atoms with Crippen molar-refractivity contribution in [3.05, 3.63) is 48.3 Å². The molecular formula is C21H29N5. The lowest BCUT2D eigenvalue weighted by Crippen LogP contribution is -2.45. The highest BCUT2D eigenvalue weighted by molar-refractivity contribution is 5.45. The molecule has 0 spiro atoms. The summed E-state index contributed by atoms with van der Waals surface area (Å²) in [7, 11) is 2.17. The Morgan fingerprint density at radius 1 is 0.846 bits per heavy atom. The Labute approximate surface area is 156 Å². The Bertz CT molecular complexity index is 671. The molecule has 0 aliphatic carbocycles. The van der Waals surface area contributed by atoms with Crippen LogP contribution in [0.3, 0.4) is 0 Å². The number of hydrogen-bond acceptors (Lipinski definition) is 5. The van der Waals surface area contributed by atoms with Crippen LogP contribution in [0.2, 0.25) is 0 Å². The maximum absolute atomic E-state index is 4.64. The topological polar surface area (TPSA) is 35.5 Å². The van der Waals surface area contributed by atoms with E-state index in [1.54, 1.807) is 0 Å². The molecule has 5 heteroatoms. The normalized spacial score (nSPS) is 19.7. The van der Waals surface area contributed by atoms with E-state index in [0.717, 1.165) is 51.1 Å². The van der Waals surface area contributed by atoms with Gasteiger partial charge in [0.2, 0.25) is 5.95 Å². The van der Waals surface area contributed by atoms with Crippen molar-refractivity contribution in [2.45, 2.75) is 19.3 Å². The fourth-order valence-electron chi connectivity index (χ4n) is 3.99. The van der Waals surface area contributed by atoms with E-state index in [1.807, 2.05) is 12.4 Å². The predicted octanol–water partition coefficient (Wildman–Crippen LogP) is 2.69. The molecule has 5 nitrogen and oxygen atoms in total. The number of likely N-dealkylation sites (N-methyl/N-ethyl adjacent to an activating group) is 1. The number of rotatable bonds is 4. The van der Waals surface area contributed by atoms with Crippen molar-refractivity contribution in [3.8, 4) is 0 Å². The molecule has 1 aromatic heterocycles. The number of nitrogens with zero attached hydrogens (tertiary/aromatic N) is 5. The molecule has 26 heavy (non-hydrogen) atoms. The number of benzene rings is 1. The Morgan fingerprint density at radius 3 is 2.15 bits per heavy atom. The zero-order chi connectivity index (χ0) is 17.8. The maximum atomic E-state index is 4.64. The highest BCUT2D eigenvalue weighted by atomic mass is 15.3. The van der Waals surface area contributed by atoms with Crippen LogP contribution < -0.4 is 9.80 Å². The van der Waals surface area contributed by atoms with Crippen molar-refractivity contribution in [1.29, 1.82) is 0 Å². The predicted molar refractivity (Wildman–Crippen MR) is 107 cm³/mol. The zero-order valence-corrected chi connectivity index (χ0v) is 15.7. The molecule has 1 aromatic carbocycles. The monoisotopic (exact) mass is 351 g/mol. The molecule has 0 N–H and O–H groups in total. The molecule has 4 rings (SSSR count). The number of anilines is 2. The first kappa shape index (κ1) is 17.3. The second kappa shape index (κ2) is 8.04. The van der Waals surface area contributed by atoms with Crippen molar-refractivity contribution >= 4 is 11.6 Å². The van der Waals surface area contributed by atoms with Gasteiger partial charge in [-0.3, -0.25) is 0 Å². The Morgan fingerprint density at radius 2 is 1.50 bits per heavy atom. The SMILES string of the molecule is CN1CCN(c2ncc(N3CCC(Cc4ccccc4)CC3)cn2)CC1. The number of hydrogen-bond donors (Lipinski definition) is 0. The second-order valence-electron chi connectivity index (χ2n) is 7.65. The molecule has 2 aliphatic rings. The molecule has 3 heterocycles. The minimum absolute atomic E-state index is 0.791. The van der Waals surface area contributed by atoms with Crippen molar-refractivity contribution < 1.29 is 0 Å². The largest absolute Gasteiger partial charge is 0.369 e. The molecule has 0 unspecified atom stereocenters. The van der Waals surface area contributed by atoms with E-state index in [1.165, 1.54) is 30.5 Å². The van der Waals surface area contributed by atoms with Crippen molar-refractivity contribution in [1.82, 2.24) is 14.9 Å². The Balaban J connectivity index is 1.30. The van der Waals surface area contributed by atoms with Crippen LogP contribution in [0.5, 0.6) is 0 Å². The molecule has 2 saturated heterocycles. The maximum Gasteiger partial charge on any atom is 0.225 e. The standard InChI is InChI=1S/C21H29N5/c1-24-11-13-26(14-12-24)21-22-16-20(17-23-21)25-9-7-19(8-10-25)15-18-5-3-2-4-6-18/h2-6,16-17,19H,7-15H2,1H3. The van der Waals surface area contributed by atoms with Gasteiger partial charge in [0.1, 0.15) is 0 Å². The summed E-state index contributed by atoms with van der Waals surface area (Å²) in [5.41, 5.74) is 2.63. The van der Waals surface area contributed by atoms with Crippen molar-refractivity contribution in [3.63, 3.8) is 0 Å². The first-order valence-electron chi connectivity index (χ1n) is 9.82. The molecule has 0 radical (unpaired) electrons. The van der Waals surface area contributed by atoms with Gasteiger partial charge in [-0.05, 0) is 37.8 Å². The van der Waals surface area contributed by atoms with Crippen LogP contribution in [0.1, 0.15) is 18.4 Å². The molecule has 2 aliphatic heterocycles. The van der Waals surface area contributed by atoms with Crippen LogP contribution in [0.15, 0.2) is 42.7 Å². The third-order valence-corrected chi connectivity index (χ3v) is 5.76. The average Bonchev–Trinajstić information content (AvgIpc) is 2.70. The average molecular weight is 351 g/mol. The van der Waals surface area contributed by atoms with E-state index in [4.69, 9.17) is 0 Å². The lowest BCUT2D eigenvalue weighted by Gasteiger charge is -2.34. The third-order valence-electron chi connectivity index (χ3n) is 5.76. The quantitative estimate of drug-likeness (QED) is 0.846. The smallest absolute Gasteiger partial charge is 0.225 e. The molecule has 2 aromatic rings. The van der Waals surface area contributed by atoms with Crippen molar-refractivity contribution in [2.75, 3.05) is 56.1 Å². The van der Waals surface area contributed by atoms with E-state index in [9.17, 15) is 0 Å². The molecule has 0 saturated carbocycles. The first-order chi connectivity index (χ1) is 12.8. The van der Waals surface area contributed by atoms with E-state index < -0.39 is 0 Å². The fourth-order valence-corrected chi connectivity index (χ4v) is 3.99. The van der Waals surface area contributed by atoms with Gasteiger partial charge >= 0.3 is 0 Å². The van der Waals surface area contributed by atoms with Gasteiger partial charge in [-0.2, -0.15) is 0 Å². The number of piperidine rings is 1. The van der Waals surface area contributed by atoms with Gasteiger partial charge in [0.25, 0.3) is 0 Å². The fraction of sp³-hybridized carbons (Fsp3) is 0.524. The molecule has 2 fully saturated rings. The summed E-state index contributed by atoms with van der Waals surface area (Å²) in [6, 6.07) is 10.9. The van der Waals surface area contributed by atoms with Gasteiger partial charge in [0.15, 0.2) is 0 Å². The van der Waals surface area contributed by atoms with Gasteiger partial charge in [-0.25, -0.2) is 9.97 Å². The molecular weight excluding hydrogens is 322 g/mol. The summed E-state index contributed by atoms with van der Waals surface area (Å²) in [6.07, 6.45) is 7.72. The van der Waals surface area contributed by atoms with Gasteiger partial charge in [-0.15, -0.1) is 0 Å². The van der Waals surface area contributed by atoms with Gasteiger partial charge < -0.3 is 14.7 Å². The van der Waals surface area contributed by atoms with Gasteiger partial charge in [0.05, 0.1) is 18.1 Å². The summed E-state index contributed by atoms with van der Waals surface area (Å²) in [4.78, 5) is 16.4. The van der Waals surface area contributed by atoms with E-state index in [0.29, 0.717) is 0 Å². The minimum atomic E-state index is 0.791. The van der Waals surface area contributed by atoms with Crippen LogP contribution >= 0.6 is 0 Å². The number of piperazine rings is 1. The van der Waals surface area contributed by atoms with Crippen molar-refractivity contribution in [2.24, 2.45) is 5.92 Å². The van der Waals surface area contributed by atoms with Crippen LogP contribution in [0.25, 0.3) is 0 Å². The minimum Gasteiger partial charge on any atom is -0.369 e. The van der Waals surface area contributed by atoms with E-state index >= 15 is 0 Å². The second-order valence-corrected chi connectivity index (χ2v) is 7.65. The molecule has 138 valence electrons. The highest BCUT2D eigenvalue weighted by Crippen LogP contribution is 2.25. The molecule has 0 bridgehead atoms. The molecule has 0 atom stereocenters. The van der Waals surface area contributed by atoms with E-state index in [2.05, 4.69) is 62.0 Å². The summed E-state index contributed by atoms with van der Waals surface area (Å²) >= 11 is 0. The third kappa shape index (κ3) is 4.15. The van der Waals surface area contributed by atoms with Crippen LogP contribution in [0, 0.1) is 5.92 Å². The van der Waals surface area contributed by atoms with Crippen LogP contribution in [0.4, 0.5) is 11.6 Å². The van der Waals surface area contributed by atoms with Crippen LogP contribution in [-0.4, -0.2) is 61.2 Å². The summed E-state index contributed by atoms with van der Waals surface area (Å²) in [6.45, 7) is 6.41. The van der Waals surface area contributed by atoms with Gasteiger partial charge in [0, 0.05) is 39.3 Å². The van der Waals surface area contributed by atoms with E-state index in [-0.39, 0.29) is 0 Å². The highest BCUT2D eigenvalue weighted by Gasteiger charge is 2.21. The number of aromatic nitrogens is 2. The lowest BCUT2D eigenvalue weighted by molar-refractivity contribution is 0.311.